The van der Waals surface area contributed by atoms with Crippen molar-refractivity contribution in [2.24, 2.45) is 0 Å². The molecule has 158 valence electrons. The predicted molar refractivity (Wildman–Crippen MR) is 133 cm³/mol. The molecule has 0 aliphatic heterocycles. The van der Waals surface area contributed by atoms with Crippen LogP contribution in [-0.2, 0) is 20.8 Å². The van der Waals surface area contributed by atoms with Crippen LogP contribution in [0.2, 0.25) is 13.1 Å². The van der Waals surface area contributed by atoms with E-state index in [1.54, 1.807) is 12.1 Å². The average Bonchev–Trinajstić information content (AvgIpc) is 3.18. The van der Waals surface area contributed by atoms with Gasteiger partial charge in [0.25, 0.3) is 0 Å². The van der Waals surface area contributed by atoms with Gasteiger partial charge in [0, 0.05) is 9.52 Å². The van der Waals surface area contributed by atoms with E-state index < -0.39 is 20.8 Å². The molecule has 4 rings (SSSR count). The Bertz CT molecular complexity index is 994. The number of aryl methyl sites for hydroxylation is 2. The molecule has 0 saturated heterocycles. The fourth-order valence-corrected chi connectivity index (χ4v) is 3.91. The summed E-state index contributed by atoms with van der Waals surface area (Å²) in [6, 6.07) is 14.1. The van der Waals surface area contributed by atoms with Crippen molar-refractivity contribution in [3.63, 3.8) is 0 Å². The Morgan fingerprint density at radius 2 is 1.07 bits per heavy atom. The van der Waals surface area contributed by atoms with Crippen LogP contribution in [0.4, 0.5) is 8.78 Å². The second kappa shape index (κ2) is 14.3. The fourth-order valence-electron chi connectivity index (χ4n) is 2.78. The molecule has 0 spiro atoms. The summed E-state index contributed by atoms with van der Waals surface area (Å²) in [5.41, 5.74) is 2.33. The van der Waals surface area contributed by atoms with E-state index in [0.29, 0.717) is 0 Å². The Balaban J connectivity index is 0.000000239. The second-order valence-electron chi connectivity index (χ2n) is 6.42. The molecule has 0 nitrogen and oxygen atoms in total. The molecule has 4 aromatic rings. The standard InChI is InChI=1S/2C10H7BrF.C2H6Si.2ClH.Zr/c2*1-6-2-7-4-8(12)5-10(11)9(7)3-6;1-3-2;;;/h2*2-5H,1H3;1-2H3;2*1H;/q2*-1;;;;+4/p-2. The maximum atomic E-state index is 12.9. The van der Waals surface area contributed by atoms with Crippen molar-refractivity contribution in [2.75, 3.05) is 0 Å². The van der Waals surface area contributed by atoms with Crippen molar-refractivity contribution in [3.05, 3.63) is 80.2 Å². The predicted octanol–water partition coefficient (Wildman–Crippen LogP) is 9.70. The fraction of sp³-hybridized carbons (Fsp3) is 0.182. The molecular weight excluding hydrogens is 652 g/mol. The Morgan fingerprint density at radius 3 is 1.37 bits per heavy atom. The van der Waals surface area contributed by atoms with E-state index in [1.807, 2.05) is 38.1 Å². The summed E-state index contributed by atoms with van der Waals surface area (Å²) in [6.45, 7) is 8.31. The van der Waals surface area contributed by atoms with E-state index in [4.69, 9.17) is 17.0 Å². The van der Waals surface area contributed by atoms with Crippen LogP contribution >= 0.6 is 48.9 Å². The minimum atomic E-state index is -0.826. The molecule has 0 bridgehead atoms. The quantitative estimate of drug-likeness (QED) is 0.129. The van der Waals surface area contributed by atoms with E-state index in [1.165, 1.54) is 12.1 Å². The maximum absolute atomic E-state index is 12.9. The van der Waals surface area contributed by atoms with Gasteiger partial charge in [0.05, 0.1) is 11.6 Å². The summed E-state index contributed by atoms with van der Waals surface area (Å²) in [7, 11) is 11.0. The van der Waals surface area contributed by atoms with E-state index >= 15 is 0 Å². The summed E-state index contributed by atoms with van der Waals surface area (Å²) in [4.78, 5) is 0. The van der Waals surface area contributed by atoms with Gasteiger partial charge in [0.15, 0.2) is 0 Å². The van der Waals surface area contributed by atoms with E-state index in [2.05, 4.69) is 45.0 Å². The molecule has 2 radical (unpaired) electrons. The second-order valence-corrected chi connectivity index (χ2v) is 12.9. The Labute approximate surface area is 214 Å². The van der Waals surface area contributed by atoms with E-state index in [-0.39, 0.29) is 11.6 Å². The van der Waals surface area contributed by atoms with Crippen molar-refractivity contribution in [1.82, 2.24) is 0 Å². The van der Waals surface area contributed by atoms with Crippen molar-refractivity contribution in [2.45, 2.75) is 26.9 Å². The van der Waals surface area contributed by atoms with Crippen LogP contribution in [0.15, 0.2) is 57.5 Å². The van der Waals surface area contributed by atoms with Crippen molar-refractivity contribution < 1.29 is 29.6 Å². The Hall–Kier alpha value is 0.160. The number of hydrogen-bond acceptors (Lipinski definition) is 0. The van der Waals surface area contributed by atoms with Gasteiger partial charge in [-0.05, 0) is 21.1 Å². The molecule has 30 heavy (non-hydrogen) atoms. The summed E-state index contributed by atoms with van der Waals surface area (Å²) in [5.74, 6) is -0.389. The van der Waals surface area contributed by atoms with Gasteiger partial charge in [0.1, 0.15) is 0 Å². The third-order valence-corrected chi connectivity index (χ3v) is 5.08. The first-order valence-electron chi connectivity index (χ1n) is 8.75. The third-order valence-electron chi connectivity index (χ3n) is 3.76. The number of benzene rings is 2. The van der Waals surface area contributed by atoms with Crippen LogP contribution in [0.3, 0.4) is 0 Å². The number of rotatable bonds is 0. The molecule has 8 heteroatoms. The minimum absolute atomic E-state index is 0.194. The molecule has 0 aliphatic carbocycles. The van der Waals surface area contributed by atoms with Gasteiger partial charge < -0.3 is 0 Å². The number of fused-ring (bicyclic) bond motifs is 2. The number of halogens is 6. The molecule has 0 aromatic heterocycles. The Kier molecular flexibility index (Phi) is 13.5. The molecule has 0 heterocycles. The van der Waals surface area contributed by atoms with Crippen LogP contribution < -0.4 is 0 Å². The molecule has 0 amide bonds. The van der Waals surface area contributed by atoms with Gasteiger partial charge in [-0.2, -0.15) is 12.1 Å². The zero-order valence-electron chi connectivity index (χ0n) is 16.9. The first kappa shape index (κ1) is 28.2. The van der Waals surface area contributed by atoms with Gasteiger partial charge in [-0.3, -0.25) is 0 Å². The molecule has 0 atom stereocenters. The summed E-state index contributed by atoms with van der Waals surface area (Å²) in [6.07, 6.45) is 0. The van der Waals surface area contributed by atoms with Crippen LogP contribution in [0.25, 0.3) is 21.5 Å². The zero-order chi connectivity index (χ0) is 22.8. The van der Waals surface area contributed by atoms with Crippen molar-refractivity contribution in [3.8, 4) is 0 Å². The monoisotopic (exact) mass is 668 g/mol. The molecule has 0 fully saturated rings. The van der Waals surface area contributed by atoms with E-state index in [0.717, 1.165) is 51.1 Å². The summed E-state index contributed by atoms with van der Waals surface area (Å²) < 4.78 is 27.4. The molecule has 0 unspecified atom stereocenters. The molecular formula is C22H20Br2Cl2F2SiZr. The van der Waals surface area contributed by atoms with Crippen LogP contribution in [0.5, 0.6) is 0 Å². The SMILES string of the molecule is C[Si]C.Cc1cc2c(Br)cc(F)cc2[cH-]1.Cc1cc2c(Br)cc(F)cc2[cH-]1.[Cl][Zr+2][Cl]. The Morgan fingerprint density at radius 1 is 0.767 bits per heavy atom. The zero-order valence-corrected chi connectivity index (χ0v) is 25.0. The molecule has 4 aromatic carbocycles. The average molecular weight is 672 g/mol. The van der Waals surface area contributed by atoms with Crippen LogP contribution in [0, 0.1) is 25.5 Å². The van der Waals surface area contributed by atoms with Crippen molar-refractivity contribution >= 4 is 80.0 Å². The third kappa shape index (κ3) is 8.96. The normalized spacial score (nSPS) is 9.67. The molecule has 0 saturated carbocycles. The molecule has 0 aliphatic rings. The van der Waals surface area contributed by atoms with Gasteiger partial charge in [-0.15, -0.1) is 44.8 Å². The summed E-state index contributed by atoms with van der Waals surface area (Å²) in [5, 5.41) is 4.07. The van der Waals surface area contributed by atoms with Crippen LogP contribution in [0.1, 0.15) is 11.1 Å². The van der Waals surface area contributed by atoms with Crippen molar-refractivity contribution in [1.29, 1.82) is 0 Å². The van der Waals surface area contributed by atoms with Gasteiger partial charge in [-0.25, -0.2) is 8.78 Å². The first-order chi connectivity index (χ1) is 14.2. The van der Waals surface area contributed by atoms with Gasteiger partial charge in [-0.1, -0.05) is 70.9 Å². The van der Waals surface area contributed by atoms with Gasteiger partial charge >= 0.3 is 37.9 Å². The van der Waals surface area contributed by atoms with Crippen LogP contribution in [-0.4, -0.2) is 9.52 Å². The summed E-state index contributed by atoms with van der Waals surface area (Å²) >= 11 is 5.82. The number of hydrogen-bond donors (Lipinski definition) is 0. The first-order valence-corrected chi connectivity index (χ1v) is 18.7. The van der Waals surface area contributed by atoms with E-state index in [9.17, 15) is 8.78 Å². The molecule has 0 N–H and O–H groups in total. The topological polar surface area (TPSA) is 0 Å². The van der Waals surface area contributed by atoms with Gasteiger partial charge in [0.2, 0.25) is 0 Å².